The minimum absolute atomic E-state index is 1.15. The van der Waals surface area contributed by atoms with Crippen LogP contribution in [0.3, 0.4) is 0 Å². The van der Waals surface area contributed by atoms with Gasteiger partial charge in [0.1, 0.15) is 0 Å². The molecule has 0 aliphatic carbocycles. The molecule has 8 aromatic carbocycles. The maximum Gasteiger partial charge on any atom is 0.0541 e. The Morgan fingerprint density at radius 2 is 0.944 bits per heavy atom. The first-order valence-electron chi connectivity index (χ1n) is 18.6. The maximum absolute atomic E-state index is 2.38. The minimum atomic E-state index is 1.15. The molecule has 0 unspecified atom stereocenters. The van der Waals surface area contributed by atoms with E-state index in [-0.39, 0.29) is 0 Å². The molecule has 54 heavy (non-hydrogen) atoms. The smallest absolute Gasteiger partial charge is 0.0541 e. The van der Waals surface area contributed by atoms with Crippen LogP contribution in [0.2, 0.25) is 0 Å². The Labute approximate surface area is 316 Å². The summed E-state index contributed by atoms with van der Waals surface area (Å²) >= 11 is 0. The predicted octanol–water partition coefficient (Wildman–Crippen LogP) is 13.9. The molecular weight excluding hydrogens is 653 g/mol. The van der Waals surface area contributed by atoms with Crippen molar-refractivity contribution >= 4 is 55.6 Å². The summed E-state index contributed by atoms with van der Waals surface area (Å²) in [6, 6.07) is 69.3. The zero-order valence-corrected chi connectivity index (χ0v) is 30.5. The lowest BCUT2D eigenvalue weighted by Crippen LogP contribution is -1.96. The third-order valence-corrected chi connectivity index (χ3v) is 10.6. The first kappa shape index (κ1) is 33.0. The maximum atomic E-state index is 2.38. The molecule has 0 saturated heterocycles. The van der Waals surface area contributed by atoms with E-state index in [0.29, 0.717) is 0 Å². The van der Waals surface area contributed by atoms with Crippen LogP contribution in [-0.2, 0) is 7.05 Å². The summed E-state index contributed by atoms with van der Waals surface area (Å²) in [4.78, 5) is 0. The Hall–Kier alpha value is -6.90. The van der Waals surface area contributed by atoms with E-state index in [1.807, 2.05) is 12.1 Å². The van der Waals surface area contributed by atoms with Gasteiger partial charge in [0.05, 0.1) is 5.52 Å². The van der Waals surface area contributed by atoms with Gasteiger partial charge < -0.3 is 9.13 Å². The van der Waals surface area contributed by atoms with Crippen LogP contribution in [0.1, 0.15) is 16.8 Å². The van der Waals surface area contributed by atoms with Gasteiger partial charge in [-0.2, -0.15) is 0 Å². The second-order valence-corrected chi connectivity index (χ2v) is 13.9. The van der Waals surface area contributed by atoms with Gasteiger partial charge in [0, 0.05) is 45.6 Å². The highest BCUT2D eigenvalue weighted by Crippen LogP contribution is 2.35. The molecule has 0 amide bonds. The van der Waals surface area contributed by atoms with Crippen molar-refractivity contribution in [3.05, 3.63) is 211 Å². The second kappa shape index (κ2) is 14.3. The van der Waals surface area contributed by atoms with Gasteiger partial charge in [-0.05, 0) is 99.6 Å². The summed E-state index contributed by atoms with van der Waals surface area (Å²) in [6.45, 7) is 2.16. The van der Waals surface area contributed by atoms with E-state index in [2.05, 4.69) is 217 Å². The Kier molecular flexibility index (Phi) is 8.70. The SMILES string of the molecule is Cc1ccccc1/C=C\c1cc2c3ccccc3ccc2n1-c1ccc(-c2ccc3c(c2)c2ccccc2n3C)cc1.c1ccc(-c2ccccc2)cc1. The monoisotopic (exact) mass is 692 g/mol. The number of hydrogen-bond donors (Lipinski definition) is 0. The average Bonchev–Trinajstić information content (AvgIpc) is 3.76. The zero-order valence-electron chi connectivity index (χ0n) is 30.5. The Balaban J connectivity index is 0.000000272. The van der Waals surface area contributed by atoms with Crippen LogP contribution >= 0.6 is 0 Å². The van der Waals surface area contributed by atoms with Crippen molar-refractivity contribution < 1.29 is 0 Å². The molecule has 2 aromatic heterocycles. The second-order valence-electron chi connectivity index (χ2n) is 13.9. The van der Waals surface area contributed by atoms with E-state index in [9.17, 15) is 0 Å². The molecular formula is C52H40N2. The normalized spacial score (nSPS) is 11.4. The number of benzene rings is 8. The highest BCUT2D eigenvalue weighted by molar-refractivity contribution is 6.10. The summed E-state index contributed by atoms with van der Waals surface area (Å²) in [5.74, 6) is 0. The number of aryl methyl sites for hydroxylation is 2. The first-order valence-corrected chi connectivity index (χ1v) is 18.6. The van der Waals surface area contributed by atoms with Crippen LogP contribution < -0.4 is 0 Å². The fourth-order valence-electron chi connectivity index (χ4n) is 7.75. The van der Waals surface area contributed by atoms with Gasteiger partial charge in [0.2, 0.25) is 0 Å². The molecule has 2 nitrogen and oxygen atoms in total. The molecule has 0 saturated carbocycles. The van der Waals surface area contributed by atoms with Crippen LogP contribution in [0.15, 0.2) is 194 Å². The largest absolute Gasteiger partial charge is 0.344 e. The van der Waals surface area contributed by atoms with Gasteiger partial charge in [-0.15, -0.1) is 0 Å². The van der Waals surface area contributed by atoms with Crippen LogP contribution in [0.4, 0.5) is 0 Å². The van der Waals surface area contributed by atoms with Crippen molar-refractivity contribution in [1.29, 1.82) is 0 Å². The van der Waals surface area contributed by atoms with Crippen molar-refractivity contribution in [3.63, 3.8) is 0 Å². The topological polar surface area (TPSA) is 9.86 Å². The van der Waals surface area contributed by atoms with Crippen molar-refractivity contribution in [2.45, 2.75) is 6.92 Å². The lowest BCUT2D eigenvalue weighted by molar-refractivity contribution is 1.01. The number of rotatable bonds is 5. The molecule has 2 heterocycles. The summed E-state index contributed by atoms with van der Waals surface area (Å²) in [5.41, 5.74) is 13.5. The third-order valence-electron chi connectivity index (χ3n) is 10.6. The molecule has 0 N–H and O–H groups in total. The van der Waals surface area contributed by atoms with Gasteiger partial charge in [-0.3, -0.25) is 0 Å². The molecule has 0 spiro atoms. The molecule has 258 valence electrons. The fraction of sp³-hybridized carbons (Fsp3) is 0.0385. The van der Waals surface area contributed by atoms with E-state index in [1.165, 1.54) is 76.9 Å². The number of para-hydroxylation sites is 1. The third kappa shape index (κ3) is 6.18. The van der Waals surface area contributed by atoms with E-state index < -0.39 is 0 Å². The van der Waals surface area contributed by atoms with Crippen LogP contribution in [0.5, 0.6) is 0 Å². The van der Waals surface area contributed by atoms with Crippen molar-refractivity contribution in [2.24, 2.45) is 7.05 Å². The van der Waals surface area contributed by atoms with Crippen LogP contribution in [0, 0.1) is 6.92 Å². The minimum Gasteiger partial charge on any atom is -0.344 e. The van der Waals surface area contributed by atoms with Gasteiger partial charge in [0.15, 0.2) is 0 Å². The highest BCUT2D eigenvalue weighted by Gasteiger charge is 2.13. The highest BCUT2D eigenvalue weighted by atomic mass is 15.0. The molecule has 0 aliphatic rings. The van der Waals surface area contributed by atoms with E-state index in [0.717, 1.165) is 11.4 Å². The number of aromatic nitrogens is 2. The van der Waals surface area contributed by atoms with Crippen molar-refractivity contribution in [2.75, 3.05) is 0 Å². The van der Waals surface area contributed by atoms with Crippen molar-refractivity contribution in [3.8, 4) is 27.9 Å². The van der Waals surface area contributed by atoms with Gasteiger partial charge in [0.25, 0.3) is 0 Å². The Morgan fingerprint density at radius 3 is 1.69 bits per heavy atom. The van der Waals surface area contributed by atoms with Crippen LogP contribution in [0.25, 0.3) is 83.6 Å². The molecule has 0 radical (unpaired) electrons. The van der Waals surface area contributed by atoms with E-state index >= 15 is 0 Å². The zero-order chi connectivity index (χ0) is 36.4. The molecule has 0 bridgehead atoms. The Morgan fingerprint density at radius 1 is 0.389 bits per heavy atom. The Bertz CT molecular complexity index is 2890. The standard InChI is InChI=1S/C40H30N2.C12H10/c1-27-9-3-4-10-28(27)15-22-33-26-37-34-12-6-5-11-30(34)18-24-40(37)42(33)32-20-16-29(17-21-32)31-19-23-39-36(25-31)35-13-7-8-14-38(35)41(39)2;1-3-7-11(8-4-1)12-9-5-2-6-10-12/h3-26H,1-2H3;1-10H/b22-15-;. The molecule has 0 fully saturated rings. The predicted molar refractivity (Wildman–Crippen MR) is 232 cm³/mol. The van der Waals surface area contributed by atoms with Crippen LogP contribution in [-0.4, -0.2) is 9.13 Å². The lowest BCUT2D eigenvalue weighted by atomic mass is 10.0. The summed E-state index contributed by atoms with van der Waals surface area (Å²) in [5, 5.41) is 6.39. The van der Waals surface area contributed by atoms with Gasteiger partial charge in [-0.1, -0.05) is 158 Å². The number of nitrogens with zero attached hydrogens (tertiary/aromatic N) is 2. The lowest BCUT2D eigenvalue weighted by Gasteiger charge is -2.11. The molecule has 0 atom stereocenters. The summed E-state index contributed by atoms with van der Waals surface area (Å²) in [7, 11) is 2.15. The number of hydrogen-bond acceptors (Lipinski definition) is 0. The van der Waals surface area contributed by atoms with E-state index in [1.54, 1.807) is 0 Å². The first-order chi connectivity index (χ1) is 26.6. The molecule has 10 aromatic rings. The van der Waals surface area contributed by atoms with E-state index in [4.69, 9.17) is 0 Å². The fourth-order valence-corrected chi connectivity index (χ4v) is 7.75. The quantitative estimate of drug-likeness (QED) is 0.170. The van der Waals surface area contributed by atoms with Crippen molar-refractivity contribution in [1.82, 2.24) is 9.13 Å². The number of fused-ring (bicyclic) bond motifs is 6. The van der Waals surface area contributed by atoms with Gasteiger partial charge in [-0.25, -0.2) is 0 Å². The van der Waals surface area contributed by atoms with Gasteiger partial charge >= 0.3 is 0 Å². The molecule has 10 rings (SSSR count). The average molecular weight is 693 g/mol. The molecule has 0 aliphatic heterocycles. The summed E-state index contributed by atoms with van der Waals surface area (Å²) < 4.78 is 4.67. The molecule has 2 heteroatoms. The summed E-state index contributed by atoms with van der Waals surface area (Å²) in [6.07, 6.45) is 4.48.